The first kappa shape index (κ1) is 19.5. The number of hydrogen-bond acceptors (Lipinski definition) is 4. The maximum absolute atomic E-state index is 12.6. The number of amides is 1. The van der Waals surface area contributed by atoms with E-state index in [1.54, 1.807) is 0 Å². The van der Waals surface area contributed by atoms with E-state index in [-0.39, 0.29) is 5.91 Å². The van der Waals surface area contributed by atoms with Crippen molar-refractivity contribution in [1.82, 2.24) is 4.98 Å². The first-order valence-corrected chi connectivity index (χ1v) is 10.4. The molecule has 2 unspecified atom stereocenters. The average molecular weight is 387 g/mol. The quantitative estimate of drug-likeness (QED) is 0.740. The summed E-state index contributed by atoms with van der Waals surface area (Å²) in [5, 5.41) is 12.8. The Morgan fingerprint density at radius 3 is 2.48 bits per heavy atom. The molecule has 1 amide bonds. The van der Waals surface area contributed by atoms with Gasteiger partial charge in [-0.15, -0.1) is 11.3 Å². The van der Waals surface area contributed by atoms with E-state index in [9.17, 15) is 14.7 Å². The van der Waals surface area contributed by atoms with Crippen LogP contribution in [0.1, 0.15) is 49.5 Å². The van der Waals surface area contributed by atoms with Crippen LogP contribution >= 0.6 is 11.3 Å². The van der Waals surface area contributed by atoms with Crippen molar-refractivity contribution in [2.75, 3.05) is 5.32 Å². The van der Waals surface area contributed by atoms with Crippen LogP contribution in [0.5, 0.6) is 0 Å². The third kappa shape index (κ3) is 4.56. The molecule has 27 heavy (non-hydrogen) atoms. The van der Waals surface area contributed by atoms with Crippen molar-refractivity contribution >= 4 is 28.3 Å². The second-order valence-electron chi connectivity index (χ2n) is 7.20. The highest BCUT2D eigenvalue weighted by molar-refractivity contribution is 7.16. The molecule has 2 atom stereocenters. The average Bonchev–Trinajstić information content (AvgIpc) is 3.02. The maximum atomic E-state index is 12.6. The van der Waals surface area contributed by atoms with Crippen LogP contribution in [0.25, 0.3) is 11.3 Å². The Bertz CT molecular complexity index is 813. The fraction of sp³-hybridized carbons (Fsp3) is 0.476. The molecule has 1 aromatic carbocycles. The van der Waals surface area contributed by atoms with Gasteiger partial charge in [-0.25, -0.2) is 4.98 Å². The minimum absolute atomic E-state index is 0.222. The monoisotopic (exact) mass is 386 g/mol. The number of aliphatic carboxylic acids is 1. The molecule has 1 saturated carbocycles. The second-order valence-corrected chi connectivity index (χ2v) is 8.40. The second kappa shape index (κ2) is 8.65. The number of carbonyl (C=O) groups excluding carboxylic acids is 1. The van der Waals surface area contributed by atoms with Crippen LogP contribution in [0.15, 0.2) is 24.3 Å². The highest BCUT2D eigenvalue weighted by Crippen LogP contribution is 2.34. The first-order chi connectivity index (χ1) is 13.0. The van der Waals surface area contributed by atoms with E-state index in [2.05, 4.69) is 41.5 Å². The first-order valence-electron chi connectivity index (χ1n) is 9.60. The molecule has 5 nitrogen and oxygen atoms in total. The van der Waals surface area contributed by atoms with E-state index in [4.69, 9.17) is 0 Å². The summed E-state index contributed by atoms with van der Waals surface area (Å²) in [6, 6.07) is 8.38. The Kier molecular flexibility index (Phi) is 6.26. The standard InChI is InChI=1S/C21H26N2O3S/c1-3-6-14-9-11-15(12-10-14)18-13(2)27-21(22-18)23-19(24)16-7-4-5-8-17(16)20(25)26/h9-12,16-17H,3-8H2,1-2H3,(H,25,26)(H,22,23,24). The smallest absolute Gasteiger partial charge is 0.307 e. The lowest BCUT2D eigenvalue weighted by Gasteiger charge is -2.26. The SMILES string of the molecule is CCCc1ccc(-c2nc(NC(=O)C3CCCCC3C(=O)O)sc2C)cc1. The van der Waals surface area contributed by atoms with Gasteiger partial charge in [0.1, 0.15) is 0 Å². The molecule has 144 valence electrons. The Balaban J connectivity index is 1.74. The lowest BCUT2D eigenvalue weighted by atomic mass is 9.79. The number of rotatable bonds is 6. The van der Waals surface area contributed by atoms with Gasteiger partial charge in [0.2, 0.25) is 5.91 Å². The van der Waals surface area contributed by atoms with E-state index in [0.717, 1.165) is 41.8 Å². The van der Waals surface area contributed by atoms with Gasteiger partial charge in [-0.1, -0.05) is 50.5 Å². The van der Waals surface area contributed by atoms with Crippen molar-refractivity contribution in [3.63, 3.8) is 0 Å². The molecule has 2 N–H and O–H groups in total. The van der Waals surface area contributed by atoms with E-state index in [1.165, 1.54) is 16.9 Å². The molecule has 0 bridgehead atoms. The number of aromatic nitrogens is 1. The van der Waals surface area contributed by atoms with Crippen LogP contribution in [0.2, 0.25) is 0 Å². The van der Waals surface area contributed by atoms with Crippen LogP contribution in [-0.2, 0) is 16.0 Å². The Morgan fingerprint density at radius 2 is 1.85 bits per heavy atom. The molecule has 0 aliphatic heterocycles. The Hall–Kier alpha value is -2.21. The molecule has 2 aromatic rings. The molecule has 1 heterocycles. The van der Waals surface area contributed by atoms with E-state index in [0.29, 0.717) is 18.0 Å². The summed E-state index contributed by atoms with van der Waals surface area (Å²) in [7, 11) is 0. The van der Waals surface area contributed by atoms with Crippen molar-refractivity contribution < 1.29 is 14.7 Å². The normalized spacial score (nSPS) is 19.6. The number of carbonyl (C=O) groups is 2. The summed E-state index contributed by atoms with van der Waals surface area (Å²) < 4.78 is 0. The van der Waals surface area contributed by atoms with Crippen LogP contribution in [0.3, 0.4) is 0 Å². The molecule has 1 aromatic heterocycles. The molecule has 1 aliphatic carbocycles. The fourth-order valence-electron chi connectivity index (χ4n) is 3.77. The zero-order valence-corrected chi connectivity index (χ0v) is 16.6. The topological polar surface area (TPSA) is 79.3 Å². The summed E-state index contributed by atoms with van der Waals surface area (Å²) in [6.45, 7) is 4.15. The third-order valence-corrected chi connectivity index (χ3v) is 6.10. The molecular formula is C21H26N2O3S. The summed E-state index contributed by atoms with van der Waals surface area (Å²) >= 11 is 1.44. The highest BCUT2D eigenvalue weighted by atomic mass is 32.1. The van der Waals surface area contributed by atoms with Gasteiger partial charge in [-0.2, -0.15) is 0 Å². The van der Waals surface area contributed by atoms with Gasteiger partial charge in [0.05, 0.1) is 17.5 Å². The maximum Gasteiger partial charge on any atom is 0.307 e. The third-order valence-electron chi connectivity index (χ3n) is 5.21. The summed E-state index contributed by atoms with van der Waals surface area (Å²) in [5.41, 5.74) is 3.21. The van der Waals surface area contributed by atoms with Gasteiger partial charge < -0.3 is 10.4 Å². The van der Waals surface area contributed by atoms with Crippen molar-refractivity contribution in [3.05, 3.63) is 34.7 Å². The van der Waals surface area contributed by atoms with Gasteiger partial charge in [0.25, 0.3) is 0 Å². The van der Waals surface area contributed by atoms with Gasteiger partial charge in [-0.05, 0) is 31.7 Å². The number of carboxylic acids is 1. The van der Waals surface area contributed by atoms with Crippen LogP contribution in [-0.4, -0.2) is 22.0 Å². The molecule has 6 heteroatoms. The van der Waals surface area contributed by atoms with Crippen molar-refractivity contribution in [3.8, 4) is 11.3 Å². The number of hydrogen-bond donors (Lipinski definition) is 2. The summed E-state index contributed by atoms with van der Waals surface area (Å²) in [5.74, 6) is -2.17. The molecule has 0 spiro atoms. The Morgan fingerprint density at radius 1 is 1.19 bits per heavy atom. The van der Waals surface area contributed by atoms with Crippen molar-refractivity contribution in [2.45, 2.75) is 52.4 Å². The van der Waals surface area contributed by atoms with E-state index >= 15 is 0 Å². The van der Waals surface area contributed by atoms with Crippen LogP contribution in [0.4, 0.5) is 5.13 Å². The zero-order valence-electron chi connectivity index (χ0n) is 15.8. The fourth-order valence-corrected chi connectivity index (χ4v) is 4.61. The van der Waals surface area contributed by atoms with Crippen LogP contribution in [0, 0.1) is 18.8 Å². The van der Waals surface area contributed by atoms with Crippen molar-refractivity contribution in [2.24, 2.45) is 11.8 Å². The van der Waals surface area contributed by atoms with Gasteiger partial charge in [0, 0.05) is 10.4 Å². The molecular weight excluding hydrogens is 360 g/mol. The minimum Gasteiger partial charge on any atom is -0.481 e. The number of benzene rings is 1. The predicted molar refractivity (Wildman–Crippen MR) is 108 cm³/mol. The van der Waals surface area contributed by atoms with Crippen LogP contribution < -0.4 is 5.32 Å². The number of thiazole rings is 1. The van der Waals surface area contributed by atoms with Crippen molar-refractivity contribution in [1.29, 1.82) is 0 Å². The number of carboxylic acid groups (broad SMARTS) is 1. The highest BCUT2D eigenvalue weighted by Gasteiger charge is 2.36. The molecule has 3 rings (SSSR count). The number of nitrogens with one attached hydrogen (secondary N) is 1. The van der Waals surface area contributed by atoms with E-state index in [1.807, 2.05) is 6.92 Å². The lowest BCUT2D eigenvalue weighted by molar-refractivity contribution is -0.147. The number of aryl methyl sites for hydroxylation is 2. The Labute approximate surface area is 163 Å². The number of nitrogens with zero attached hydrogens (tertiary/aromatic N) is 1. The lowest BCUT2D eigenvalue weighted by Crippen LogP contribution is -2.36. The summed E-state index contributed by atoms with van der Waals surface area (Å²) in [4.78, 5) is 29.7. The molecule has 0 radical (unpaired) electrons. The predicted octanol–water partition coefficient (Wildman–Crippen LogP) is 4.90. The molecule has 0 saturated heterocycles. The zero-order chi connectivity index (χ0) is 19.4. The summed E-state index contributed by atoms with van der Waals surface area (Å²) in [6.07, 6.45) is 5.13. The number of anilines is 1. The minimum atomic E-state index is -0.877. The van der Waals surface area contributed by atoms with Gasteiger partial charge in [-0.3, -0.25) is 9.59 Å². The molecule has 1 aliphatic rings. The molecule has 1 fully saturated rings. The van der Waals surface area contributed by atoms with Gasteiger partial charge >= 0.3 is 5.97 Å². The van der Waals surface area contributed by atoms with Gasteiger partial charge in [0.15, 0.2) is 5.13 Å². The van der Waals surface area contributed by atoms with E-state index < -0.39 is 17.8 Å². The largest absolute Gasteiger partial charge is 0.481 e.